The average Bonchev–Trinajstić information content (AvgIpc) is 3.15. The normalized spacial score (nSPS) is 25.8. The number of phosphoric acid groups is 3. The van der Waals surface area contributed by atoms with Crippen LogP contribution in [-0.2, 0) is 50.1 Å². The van der Waals surface area contributed by atoms with Gasteiger partial charge in [-0.25, -0.2) is 51.3 Å². The van der Waals surface area contributed by atoms with Gasteiger partial charge < -0.3 is 20.7 Å². The molecule has 1 aromatic rings. The molecule has 1 saturated heterocycles. The van der Waals surface area contributed by atoms with E-state index in [0.29, 0.717) is 0 Å². The van der Waals surface area contributed by atoms with Gasteiger partial charge in [0.15, 0.2) is 6.23 Å². The number of ether oxygens (including phenoxy) is 1. The summed E-state index contributed by atoms with van der Waals surface area (Å²) >= 11 is 0. The van der Waals surface area contributed by atoms with E-state index in [1.54, 1.807) is 0 Å². The van der Waals surface area contributed by atoms with Crippen LogP contribution in [0.2, 0.25) is 0 Å². The number of aliphatic hydroxyl groups excluding tert-OH is 2. The highest BCUT2D eigenvalue weighted by atomic mass is 31.3. The maximum atomic E-state index is 12.6. The third kappa shape index (κ3) is 7.77. The maximum Gasteiger partial charge on any atom is 0.516 e. The Kier molecular flexibility index (Phi) is 11.2. The number of nitrogens with one attached hydrogen (secondary N) is 1. The third-order valence-electron chi connectivity index (χ3n) is 4.35. The third-order valence-corrected chi connectivity index (χ3v) is 9.05. The molecule has 13 N–H and O–H groups in total. The fourth-order valence-corrected chi connectivity index (χ4v) is 6.45. The molecule has 1 aliphatic heterocycles. The second kappa shape index (κ2) is 13.0. The van der Waals surface area contributed by atoms with E-state index in [0.717, 1.165) is 10.8 Å². The zero-order valence-electron chi connectivity index (χ0n) is 18.3. The SMILES string of the molecule is NC/C=C/c1cn([C@@H]2O[C@H](COP(=O)(ON)OP(=O)(ON)OP(=O)(ON)ON)C(O)C2O)c(=O)[nH]c1=O. The second-order valence-corrected chi connectivity index (χ2v) is 11.7. The van der Waals surface area contributed by atoms with Crippen LogP contribution in [0.4, 0.5) is 0 Å². The lowest BCUT2D eigenvalue weighted by atomic mass is 10.1. The molecule has 4 unspecified atom stereocenters. The molecule has 2 rings (SSSR count). The monoisotopic (exact) mass is 599 g/mol. The highest BCUT2D eigenvalue weighted by molar-refractivity contribution is 7.67. The highest BCUT2D eigenvalue weighted by Gasteiger charge is 2.49. The first kappa shape index (κ1) is 31.7. The van der Waals surface area contributed by atoms with Crippen LogP contribution in [0.3, 0.4) is 0 Å². The van der Waals surface area contributed by atoms with Crippen molar-refractivity contribution in [3.8, 4) is 0 Å². The van der Waals surface area contributed by atoms with Crippen molar-refractivity contribution >= 4 is 29.5 Å². The number of aliphatic hydroxyl groups is 2. The molecule has 0 saturated carbocycles. The summed E-state index contributed by atoms with van der Waals surface area (Å²) in [7, 11) is -15.6. The van der Waals surface area contributed by atoms with E-state index in [2.05, 4.69) is 38.9 Å². The molecular formula is C12H24N7O15P3. The second-order valence-electron chi connectivity index (χ2n) is 6.66. The van der Waals surface area contributed by atoms with Crippen LogP contribution in [0, 0.1) is 0 Å². The molecule has 0 bridgehead atoms. The van der Waals surface area contributed by atoms with Gasteiger partial charge in [0, 0.05) is 12.7 Å². The molecule has 25 heteroatoms. The lowest BCUT2D eigenvalue weighted by Gasteiger charge is -2.22. The summed E-state index contributed by atoms with van der Waals surface area (Å²) in [4.78, 5) is 26.2. The van der Waals surface area contributed by atoms with E-state index in [1.807, 2.05) is 4.98 Å². The lowest BCUT2D eigenvalue weighted by Crippen LogP contribution is -2.38. The average molecular weight is 599 g/mol. The molecule has 6 atom stereocenters. The molecule has 0 aliphatic carbocycles. The molecule has 0 spiro atoms. The Bertz CT molecular complexity index is 1210. The molecule has 1 aromatic heterocycles. The van der Waals surface area contributed by atoms with Gasteiger partial charge in [0.1, 0.15) is 18.3 Å². The van der Waals surface area contributed by atoms with Crippen molar-refractivity contribution in [1.82, 2.24) is 9.55 Å². The summed E-state index contributed by atoms with van der Waals surface area (Å²) in [5.41, 5.74) is 3.51. The molecule has 0 amide bonds. The molecule has 1 fully saturated rings. The topological polar surface area (TPSA) is 350 Å². The number of aromatic amines is 1. The number of hydrogen-bond acceptors (Lipinski definition) is 20. The van der Waals surface area contributed by atoms with Gasteiger partial charge in [-0.15, -0.1) is 0 Å². The number of hydrogen-bond donors (Lipinski definition) is 8. The summed E-state index contributed by atoms with van der Waals surface area (Å²) in [6.07, 6.45) is -3.03. The molecule has 0 radical (unpaired) electrons. The smallest absolute Gasteiger partial charge is 0.387 e. The predicted molar refractivity (Wildman–Crippen MR) is 117 cm³/mol. The van der Waals surface area contributed by atoms with Crippen molar-refractivity contribution in [3.05, 3.63) is 38.7 Å². The van der Waals surface area contributed by atoms with Gasteiger partial charge in [0.05, 0.1) is 12.2 Å². The van der Waals surface area contributed by atoms with E-state index in [4.69, 9.17) is 26.8 Å². The Morgan fingerprint density at radius 2 is 1.54 bits per heavy atom. The highest BCUT2D eigenvalue weighted by Crippen LogP contribution is 2.71. The van der Waals surface area contributed by atoms with Crippen molar-refractivity contribution in [2.24, 2.45) is 29.3 Å². The van der Waals surface area contributed by atoms with Crippen LogP contribution in [0.25, 0.3) is 6.08 Å². The Morgan fingerprint density at radius 1 is 0.973 bits per heavy atom. The fourth-order valence-electron chi connectivity index (χ4n) is 2.70. The summed E-state index contributed by atoms with van der Waals surface area (Å²) < 4.78 is 71.6. The summed E-state index contributed by atoms with van der Waals surface area (Å²) in [6, 6.07) is 0. The van der Waals surface area contributed by atoms with Crippen molar-refractivity contribution in [3.63, 3.8) is 0 Å². The van der Waals surface area contributed by atoms with Crippen LogP contribution in [0.5, 0.6) is 0 Å². The van der Waals surface area contributed by atoms with E-state index < -0.39 is 65.9 Å². The number of nitrogens with two attached hydrogens (primary N) is 5. The molecule has 212 valence electrons. The summed E-state index contributed by atoms with van der Waals surface area (Å²) in [5.74, 6) is 18.8. The van der Waals surface area contributed by atoms with Gasteiger partial charge >= 0.3 is 29.2 Å². The Morgan fingerprint density at radius 3 is 2.08 bits per heavy atom. The molecule has 2 heterocycles. The van der Waals surface area contributed by atoms with E-state index in [1.165, 1.54) is 12.2 Å². The largest absolute Gasteiger partial charge is 0.516 e. The van der Waals surface area contributed by atoms with E-state index in [9.17, 15) is 33.5 Å². The molecule has 0 aromatic carbocycles. The van der Waals surface area contributed by atoms with Crippen LogP contribution in [-0.4, -0.2) is 51.2 Å². The number of rotatable bonds is 14. The van der Waals surface area contributed by atoms with E-state index in [-0.39, 0.29) is 12.1 Å². The number of nitrogens with zero attached hydrogens (tertiary/aromatic N) is 1. The number of aromatic nitrogens is 2. The minimum atomic E-state index is -5.40. The van der Waals surface area contributed by atoms with Crippen molar-refractivity contribution in [2.45, 2.75) is 24.5 Å². The van der Waals surface area contributed by atoms with Crippen molar-refractivity contribution in [1.29, 1.82) is 0 Å². The molecule has 1 aliphatic rings. The van der Waals surface area contributed by atoms with Crippen LogP contribution >= 0.6 is 23.5 Å². The first-order valence-electron chi connectivity index (χ1n) is 9.44. The standard InChI is InChI=1S/C12H24N7O15P3/c13-3-1-2-6-4-19(12(23)18-10(6)22)11-9(21)8(20)7(28-11)5-27-35(24,29-14)33-37(26,32-17)34-36(25,30-15)31-16/h1-2,4,7-9,11,20-21H,3,5,13-17H2,(H,18,22,23)/b2-1+/t7-,8?,9?,11-,35?,37?/m1/s1. The van der Waals surface area contributed by atoms with Gasteiger partial charge in [-0.05, 0) is 0 Å². The Labute approximate surface area is 205 Å². The zero-order chi connectivity index (χ0) is 28.0. The lowest BCUT2D eigenvalue weighted by molar-refractivity contribution is -0.0553. The number of H-pyrrole nitrogens is 1. The van der Waals surface area contributed by atoms with Crippen LogP contribution in [0.1, 0.15) is 11.8 Å². The van der Waals surface area contributed by atoms with Gasteiger partial charge in [-0.2, -0.15) is 17.9 Å². The molecule has 37 heavy (non-hydrogen) atoms. The minimum absolute atomic E-state index is 0.0396. The Hall–Kier alpha value is -1.49. The zero-order valence-corrected chi connectivity index (χ0v) is 21.0. The molecule has 22 nitrogen and oxygen atoms in total. The Balaban J connectivity index is 2.21. The minimum Gasteiger partial charge on any atom is -0.387 e. The summed E-state index contributed by atoms with van der Waals surface area (Å²) in [6.45, 7) is -0.905. The van der Waals surface area contributed by atoms with Gasteiger partial charge in [-0.3, -0.25) is 18.9 Å². The van der Waals surface area contributed by atoms with Crippen LogP contribution < -0.4 is 40.6 Å². The molecular weight excluding hydrogens is 575 g/mol. The van der Waals surface area contributed by atoms with E-state index >= 15 is 0 Å². The quantitative estimate of drug-likeness (QED) is 0.0783. The summed E-state index contributed by atoms with van der Waals surface area (Å²) in [5, 5.41) is 20.7. The van der Waals surface area contributed by atoms with Gasteiger partial charge in [0.25, 0.3) is 5.56 Å². The first-order valence-corrected chi connectivity index (χ1v) is 13.8. The van der Waals surface area contributed by atoms with Crippen LogP contribution in [0.15, 0.2) is 21.9 Å². The van der Waals surface area contributed by atoms with Crippen molar-refractivity contribution < 1.29 is 60.3 Å². The van der Waals surface area contributed by atoms with Crippen molar-refractivity contribution in [2.75, 3.05) is 13.2 Å². The predicted octanol–water partition coefficient (Wildman–Crippen LogP) is -2.94. The fraction of sp³-hybridized carbons (Fsp3) is 0.500. The van der Waals surface area contributed by atoms with Gasteiger partial charge in [0.2, 0.25) is 0 Å². The van der Waals surface area contributed by atoms with Gasteiger partial charge in [-0.1, -0.05) is 12.2 Å². The first-order chi connectivity index (χ1) is 17.3. The maximum absolute atomic E-state index is 12.6.